The Hall–Kier alpha value is -1.47. The molecule has 3 N–H and O–H groups in total. The molecule has 2 aromatic carbocycles. The zero-order valence-corrected chi connectivity index (χ0v) is 18.2. The summed E-state index contributed by atoms with van der Waals surface area (Å²) in [6.07, 6.45) is 0. The minimum absolute atomic E-state index is 0.0918. The highest BCUT2D eigenvalue weighted by Gasteiger charge is 2.19. The minimum atomic E-state index is -0.259. The van der Waals surface area contributed by atoms with Crippen molar-refractivity contribution >= 4 is 63.9 Å². The maximum atomic E-state index is 12.1. The number of amides is 1. The quantitative estimate of drug-likeness (QED) is 0.326. The standard InChI is InChI=1S/C19H20Cl2N2O2S2/c1-19(2,3)11-8-14(21)17(25)15(9-11)22-18(26)23-16(24)10-27-13-6-4-12(20)5-7-13/h4-9,25H,10H2,1-3H3,(H2,22,23,24,26). The third-order valence-electron chi connectivity index (χ3n) is 3.61. The maximum absolute atomic E-state index is 12.1. The van der Waals surface area contributed by atoms with E-state index in [0.717, 1.165) is 10.5 Å². The molecular formula is C19H20Cl2N2O2S2. The van der Waals surface area contributed by atoms with E-state index in [9.17, 15) is 9.90 Å². The number of benzene rings is 2. The fourth-order valence-corrected chi connectivity index (χ4v) is 3.39. The third-order valence-corrected chi connectivity index (χ3v) is 5.37. The third kappa shape index (κ3) is 6.57. The second-order valence-electron chi connectivity index (χ2n) is 6.85. The van der Waals surface area contributed by atoms with E-state index < -0.39 is 0 Å². The van der Waals surface area contributed by atoms with E-state index in [-0.39, 0.29) is 33.0 Å². The van der Waals surface area contributed by atoms with Gasteiger partial charge in [-0.05, 0) is 59.6 Å². The highest BCUT2D eigenvalue weighted by atomic mass is 35.5. The number of hydrogen-bond donors (Lipinski definition) is 3. The van der Waals surface area contributed by atoms with Gasteiger partial charge in [-0.15, -0.1) is 11.8 Å². The maximum Gasteiger partial charge on any atom is 0.236 e. The molecular weight excluding hydrogens is 423 g/mol. The van der Waals surface area contributed by atoms with Crippen LogP contribution in [0, 0.1) is 0 Å². The Bertz CT molecular complexity index is 850. The van der Waals surface area contributed by atoms with Crippen molar-refractivity contribution in [3.8, 4) is 5.75 Å². The fourth-order valence-electron chi connectivity index (χ4n) is 2.12. The molecule has 0 saturated heterocycles. The summed E-state index contributed by atoms with van der Waals surface area (Å²) < 4.78 is 0. The molecule has 27 heavy (non-hydrogen) atoms. The van der Waals surface area contributed by atoms with Gasteiger partial charge in [0.25, 0.3) is 0 Å². The first-order chi connectivity index (χ1) is 12.6. The number of anilines is 1. The zero-order chi connectivity index (χ0) is 20.2. The first-order valence-electron chi connectivity index (χ1n) is 8.08. The monoisotopic (exact) mass is 442 g/mol. The van der Waals surface area contributed by atoms with E-state index >= 15 is 0 Å². The molecule has 0 saturated carbocycles. The average molecular weight is 443 g/mol. The van der Waals surface area contributed by atoms with E-state index in [0.29, 0.717) is 10.7 Å². The van der Waals surface area contributed by atoms with Gasteiger partial charge in [0.1, 0.15) is 0 Å². The molecule has 0 fully saturated rings. The molecule has 8 heteroatoms. The number of thioether (sulfide) groups is 1. The number of nitrogens with one attached hydrogen (secondary N) is 2. The minimum Gasteiger partial charge on any atom is -0.504 e. The van der Waals surface area contributed by atoms with Crippen LogP contribution in [0.5, 0.6) is 5.75 Å². The lowest BCUT2D eigenvalue weighted by Gasteiger charge is -2.21. The molecule has 0 bridgehead atoms. The number of halogens is 2. The molecule has 4 nitrogen and oxygen atoms in total. The molecule has 0 aliphatic heterocycles. The van der Waals surface area contributed by atoms with Crippen LogP contribution in [-0.2, 0) is 10.2 Å². The van der Waals surface area contributed by atoms with E-state index in [1.54, 1.807) is 24.3 Å². The first kappa shape index (κ1) is 21.8. The Balaban J connectivity index is 1.97. The summed E-state index contributed by atoms with van der Waals surface area (Å²) in [7, 11) is 0. The number of phenols is 1. The lowest BCUT2D eigenvalue weighted by Crippen LogP contribution is -2.35. The molecule has 0 unspecified atom stereocenters. The lowest BCUT2D eigenvalue weighted by molar-refractivity contribution is -0.117. The molecule has 2 aromatic rings. The molecule has 0 spiro atoms. The molecule has 0 radical (unpaired) electrons. The molecule has 0 aliphatic carbocycles. The molecule has 1 amide bonds. The van der Waals surface area contributed by atoms with Gasteiger partial charge in [0.15, 0.2) is 10.9 Å². The van der Waals surface area contributed by atoms with E-state index in [1.165, 1.54) is 11.8 Å². The van der Waals surface area contributed by atoms with Crippen molar-refractivity contribution in [2.75, 3.05) is 11.1 Å². The number of carbonyl (C=O) groups is 1. The Labute approximate surface area is 178 Å². The number of rotatable bonds is 4. The summed E-state index contributed by atoms with van der Waals surface area (Å²) in [6.45, 7) is 6.11. The number of hydrogen-bond acceptors (Lipinski definition) is 4. The van der Waals surface area contributed by atoms with Gasteiger partial charge in [0.2, 0.25) is 5.91 Å². The SMILES string of the molecule is CC(C)(C)c1cc(Cl)c(O)c(NC(=S)NC(=O)CSc2ccc(Cl)cc2)c1. The number of phenolic OH excluding ortho intramolecular Hbond substituents is 1. The Kier molecular flexibility index (Phi) is 7.40. The van der Waals surface area contributed by atoms with Crippen LogP contribution < -0.4 is 10.6 Å². The fraction of sp³-hybridized carbons (Fsp3) is 0.263. The van der Waals surface area contributed by atoms with Crippen LogP contribution in [0.25, 0.3) is 0 Å². The van der Waals surface area contributed by atoms with E-state index in [2.05, 4.69) is 10.6 Å². The topological polar surface area (TPSA) is 61.4 Å². The Morgan fingerprint density at radius 1 is 1.19 bits per heavy atom. The van der Waals surface area contributed by atoms with Gasteiger partial charge in [-0.1, -0.05) is 44.0 Å². The van der Waals surface area contributed by atoms with Crippen molar-refractivity contribution in [3.63, 3.8) is 0 Å². The lowest BCUT2D eigenvalue weighted by atomic mass is 9.87. The molecule has 2 rings (SSSR count). The highest BCUT2D eigenvalue weighted by Crippen LogP contribution is 2.37. The number of aromatic hydroxyl groups is 1. The van der Waals surface area contributed by atoms with Crippen LogP contribution in [0.4, 0.5) is 5.69 Å². The van der Waals surface area contributed by atoms with Gasteiger partial charge >= 0.3 is 0 Å². The number of carbonyl (C=O) groups excluding carboxylic acids is 1. The van der Waals surface area contributed by atoms with Crippen molar-refractivity contribution in [2.45, 2.75) is 31.1 Å². The highest BCUT2D eigenvalue weighted by molar-refractivity contribution is 8.00. The van der Waals surface area contributed by atoms with Gasteiger partial charge in [0.05, 0.1) is 16.5 Å². The van der Waals surface area contributed by atoms with E-state index in [1.807, 2.05) is 32.9 Å². The van der Waals surface area contributed by atoms with Crippen LogP contribution in [-0.4, -0.2) is 21.9 Å². The smallest absolute Gasteiger partial charge is 0.236 e. The Morgan fingerprint density at radius 3 is 2.41 bits per heavy atom. The van der Waals surface area contributed by atoms with Gasteiger partial charge in [-0.25, -0.2) is 0 Å². The summed E-state index contributed by atoms with van der Waals surface area (Å²) in [4.78, 5) is 13.0. The van der Waals surface area contributed by atoms with Gasteiger partial charge in [-0.2, -0.15) is 0 Å². The molecule has 0 atom stereocenters. The van der Waals surface area contributed by atoms with Crippen LogP contribution >= 0.6 is 47.2 Å². The Morgan fingerprint density at radius 2 is 1.81 bits per heavy atom. The largest absolute Gasteiger partial charge is 0.504 e. The summed E-state index contributed by atoms with van der Waals surface area (Å²) in [6, 6.07) is 10.7. The van der Waals surface area contributed by atoms with Crippen LogP contribution in [0.15, 0.2) is 41.3 Å². The van der Waals surface area contributed by atoms with Gasteiger partial charge in [-0.3, -0.25) is 4.79 Å². The zero-order valence-electron chi connectivity index (χ0n) is 15.1. The predicted octanol–water partition coefficient (Wildman–Crippen LogP) is 5.60. The van der Waals surface area contributed by atoms with Crippen LogP contribution in [0.2, 0.25) is 10.0 Å². The normalized spacial score (nSPS) is 11.1. The molecule has 0 aromatic heterocycles. The summed E-state index contributed by atoms with van der Waals surface area (Å²) in [5, 5.41) is 16.6. The average Bonchev–Trinajstić information content (AvgIpc) is 2.57. The molecule has 0 aliphatic rings. The van der Waals surface area contributed by atoms with Crippen LogP contribution in [0.3, 0.4) is 0 Å². The summed E-state index contributed by atoms with van der Waals surface area (Å²) in [5.41, 5.74) is 1.12. The summed E-state index contributed by atoms with van der Waals surface area (Å²) >= 11 is 18.5. The second-order valence-corrected chi connectivity index (χ2v) is 9.15. The van der Waals surface area contributed by atoms with Crippen molar-refractivity contribution in [2.24, 2.45) is 0 Å². The van der Waals surface area contributed by atoms with E-state index in [4.69, 9.17) is 35.4 Å². The van der Waals surface area contributed by atoms with Gasteiger partial charge < -0.3 is 15.7 Å². The first-order valence-corrected chi connectivity index (χ1v) is 10.2. The van der Waals surface area contributed by atoms with Crippen molar-refractivity contribution in [1.29, 1.82) is 0 Å². The van der Waals surface area contributed by atoms with Crippen LogP contribution in [0.1, 0.15) is 26.3 Å². The second kappa shape index (κ2) is 9.15. The summed E-state index contributed by atoms with van der Waals surface area (Å²) in [5.74, 6) is -0.181. The number of thiocarbonyl (C=S) groups is 1. The molecule has 144 valence electrons. The molecule has 0 heterocycles. The predicted molar refractivity (Wildman–Crippen MR) is 118 cm³/mol. The van der Waals surface area contributed by atoms with Crippen molar-refractivity contribution < 1.29 is 9.90 Å². The van der Waals surface area contributed by atoms with Gasteiger partial charge in [0, 0.05) is 9.92 Å². The van der Waals surface area contributed by atoms with Crippen molar-refractivity contribution in [3.05, 3.63) is 52.0 Å². The van der Waals surface area contributed by atoms with Crippen molar-refractivity contribution in [1.82, 2.24) is 5.32 Å².